The molecule has 1 amide bonds. The molecule has 0 radical (unpaired) electrons. The zero-order chi connectivity index (χ0) is 16.0. The van der Waals surface area contributed by atoms with Crippen LogP contribution in [0.2, 0.25) is 0 Å². The minimum absolute atomic E-state index is 0.0887. The largest absolute Gasteiger partial charge is 0.453 e. The predicted molar refractivity (Wildman–Crippen MR) is 82.9 cm³/mol. The van der Waals surface area contributed by atoms with Crippen LogP contribution in [0.1, 0.15) is 40.2 Å². The van der Waals surface area contributed by atoms with Crippen molar-refractivity contribution in [3.8, 4) is 0 Å². The normalized spacial score (nSPS) is 9.90. The maximum absolute atomic E-state index is 11.3. The van der Waals surface area contributed by atoms with Crippen molar-refractivity contribution in [1.82, 2.24) is 5.32 Å². The Morgan fingerprint density at radius 3 is 2.00 bits per heavy atom. The quantitative estimate of drug-likeness (QED) is 0.917. The van der Waals surface area contributed by atoms with Crippen LogP contribution in [0.4, 0.5) is 4.79 Å². The van der Waals surface area contributed by atoms with Gasteiger partial charge in [0.15, 0.2) is 5.78 Å². The van der Waals surface area contributed by atoms with Crippen molar-refractivity contribution in [2.75, 3.05) is 7.11 Å². The van der Waals surface area contributed by atoms with Crippen molar-refractivity contribution in [3.05, 3.63) is 35.9 Å². The summed E-state index contributed by atoms with van der Waals surface area (Å²) in [6.45, 7) is 9.45. The number of hydrogen-bond donors (Lipinski definition) is 1. The van der Waals surface area contributed by atoms with Crippen molar-refractivity contribution >= 4 is 11.9 Å². The second-order valence-electron chi connectivity index (χ2n) is 3.49. The van der Waals surface area contributed by atoms with Crippen molar-refractivity contribution in [2.45, 2.75) is 47.1 Å². The third kappa shape index (κ3) is 9.14. The Bertz CT molecular complexity index is 363. The van der Waals surface area contributed by atoms with E-state index in [2.05, 4.69) is 10.1 Å². The maximum Gasteiger partial charge on any atom is 0.407 e. The first-order valence-electron chi connectivity index (χ1n) is 7.02. The minimum atomic E-state index is -0.587. The molecule has 0 bridgehead atoms. The summed E-state index contributed by atoms with van der Waals surface area (Å²) in [6.07, 6.45) is -0.109. The third-order valence-corrected chi connectivity index (χ3v) is 2.25. The molecule has 0 aromatic heterocycles. The Morgan fingerprint density at radius 2 is 1.60 bits per heavy atom. The fraction of sp³-hybridized carbons (Fsp3) is 0.500. The van der Waals surface area contributed by atoms with Gasteiger partial charge in [-0.15, -0.1) is 0 Å². The van der Waals surface area contributed by atoms with Gasteiger partial charge in [0, 0.05) is 0 Å². The van der Waals surface area contributed by atoms with E-state index in [-0.39, 0.29) is 5.78 Å². The van der Waals surface area contributed by atoms with Gasteiger partial charge in [-0.25, -0.2) is 4.79 Å². The molecular formula is C16H27NO3. The number of methoxy groups -OCH3 is 1. The van der Waals surface area contributed by atoms with Gasteiger partial charge < -0.3 is 10.1 Å². The van der Waals surface area contributed by atoms with Crippen molar-refractivity contribution < 1.29 is 14.3 Å². The maximum atomic E-state index is 11.3. The van der Waals surface area contributed by atoms with Gasteiger partial charge in [0.05, 0.1) is 13.2 Å². The minimum Gasteiger partial charge on any atom is -0.453 e. The number of rotatable bonds is 4. The van der Waals surface area contributed by atoms with E-state index >= 15 is 0 Å². The number of ketones is 1. The Balaban J connectivity index is 0. The molecule has 0 heterocycles. The zero-order valence-electron chi connectivity index (χ0n) is 13.4. The second kappa shape index (κ2) is 13.6. The van der Waals surface area contributed by atoms with Gasteiger partial charge >= 0.3 is 6.09 Å². The van der Waals surface area contributed by atoms with Gasteiger partial charge in [-0.3, -0.25) is 4.79 Å². The highest BCUT2D eigenvalue weighted by atomic mass is 16.5. The monoisotopic (exact) mass is 281 g/mol. The molecule has 1 N–H and O–H groups in total. The number of nitrogens with one attached hydrogen (secondary N) is 1. The van der Waals surface area contributed by atoms with E-state index in [1.54, 1.807) is 0 Å². The van der Waals surface area contributed by atoms with E-state index in [1.807, 2.05) is 58.0 Å². The molecule has 1 aromatic carbocycles. The molecule has 0 saturated carbocycles. The lowest BCUT2D eigenvalue weighted by Crippen LogP contribution is -2.41. The predicted octanol–water partition coefficient (Wildman–Crippen LogP) is 3.60. The lowest BCUT2D eigenvalue weighted by molar-refractivity contribution is -0.118. The van der Waals surface area contributed by atoms with Gasteiger partial charge in [-0.1, -0.05) is 58.0 Å². The average Bonchev–Trinajstić information content (AvgIpc) is 2.51. The van der Waals surface area contributed by atoms with E-state index in [1.165, 1.54) is 14.0 Å². The van der Waals surface area contributed by atoms with E-state index in [9.17, 15) is 9.59 Å². The molecule has 0 aliphatic carbocycles. The number of carbonyl (C=O) groups is 2. The molecule has 0 aliphatic heterocycles. The van der Waals surface area contributed by atoms with Crippen LogP contribution in [0.5, 0.6) is 0 Å². The SMILES string of the molecule is CC.CC.COC(=O)NC(Cc1ccccc1)C(C)=O. The van der Waals surface area contributed by atoms with Crippen molar-refractivity contribution in [1.29, 1.82) is 0 Å². The molecule has 1 unspecified atom stereocenters. The molecule has 20 heavy (non-hydrogen) atoms. The van der Waals surface area contributed by atoms with E-state index < -0.39 is 12.1 Å². The van der Waals surface area contributed by atoms with Crippen LogP contribution < -0.4 is 5.32 Å². The molecule has 1 aromatic rings. The van der Waals surface area contributed by atoms with E-state index in [4.69, 9.17) is 0 Å². The molecule has 4 nitrogen and oxygen atoms in total. The van der Waals surface area contributed by atoms with Crippen molar-refractivity contribution in [2.24, 2.45) is 0 Å². The van der Waals surface area contributed by atoms with Gasteiger partial charge in [-0.05, 0) is 18.9 Å². The summed E-state index contributed by atoms with van der Waals surface area (Å²) in [5.41, 5.74) is 0.999. The van der Waals surface area contributed by atoms with Gasteiger partial charge in [0.2, 0.25) is 0 Å². The zero-order valence-corrected chi connectivity index (χ0v) is 13.4. The number of ether oxygens (including phenoxy) is 1. The second-order valence-corrected chi connectivity index (χ2v) is 3.49. The van der Waals surface area contributed by atoms with Crippen LogP contribution in [-0.4, -0.2) is 25.0 Å². The first-order chi connectivity index (χ1) is 9.63. The summed E-state index contributed by atoms with van der Waals surface area (Å²) < 4.78 is 4.47. The summed E-state index contributed by atoms with van der Waals surface area (Å²) in [5.74, 6) is -0.0887. The number of alkyl carbamates (subject to hydrolysis) is 1. The van der Waals surface area contributed by atoms with Crippen LogP contribution in [0.3, 0.4) is 0 Å². The Hall–Kier alpha value is -1.84. The highest BCUT2D eigenvalue weighted by Gasteiger charge is 2.17. The number of amides is 1. The molecular weight excluding hydrogens is 254 g/mol. The van der Waals surface area contributed by atoms with Crippen LogP contribution in [0, 0.1) is 0 Å². The molecule has 0 saturated heterocycles. The average molecular weight is 281 g/mol. The Labute approximate surface area is 122 Å². The topological polar surface area (TPSA) is 55.4 Å². The van der Waals surface area contributed by atoms with Crippen LogP contribution in [0.25, 0.3) is 0 Å². The highest BCUT2D eigenvalue weighted by molar-refractivity contribution is 5.85. The highest BCUT2D eigenvalue weighted by Crippen LogP contribution is 2.04. The smallest absolute Gasteiger partial charge is 0.407 e. The fourth-order valence-electron chi connectivity index (χ4n) is 1.35. The van der Waals surface area contributed by atoms with Crippen LogP contribution >= 0.6 is 0 Å². The molecule has 1 rings (SSSR count). The van der Waals surface area contributed by atoms with Crippen molar-refractivity contribution in [3.63, 3.8) is 0 Å². The Morgan fingerprint density at radius 1 is 1.10 bits per heavy atom. The molecule has 4 heteroatoms. The third-order valence-electron chi connectivity index (χ3n) is 2.25. The lowest BCUT2D eigenvalue weighted by atomic mass is 10.0. The summed E-state index contributed by atoms with van der Waals surface area (Å²) in [6, 6.07) is 8.98. The lowest BCUT2D eigenvalue weighted by Gasteiger charge is -2.14. The number of carbonyl (C=O) groups excluding carboxylic acids is 2. The first-order valence-corrected chi connectivity index (χ1v) is 7.02. The number of Topliss-reactive ketones (excluding diaryl/α,β-unsaturated/α-hetero) is 1. The van der Waals surface area contributed by atoms with E-state index in [0.717, 1.165) is 5.56 Å². The number of hydrogen-bond acceptors (Lipinski definition) is 3. The molecule has 114 valence electrons. The molecule has 1 atom stereocenters. The molecule has 0 spiro atoms. The molecule has 0 fully saturated rings. The summed E-state index contributed by atoms with van der Waals surface area (Å²) >= 11 is 0. The van der Waals surface area contributed by atoms with Crippen LogP contribution in [-0.2, 0) is 16.0 Å². The summed E-state index contributed by atoms with van der Waals surface area (Å²) in [7, 11) is 1.27. The standard InChI is InChI=1S/C12H15NO3.2C2H6/c1-9(14)11(13-12(15)16-2)8-10-6-4-3-5-7-10;2*1-2/h3-7,11H,8H2,1-2H3,(H,13,15);2*1-2H3. The molecule has 0 aliphatic rings. The summed E-state index contributed by atoms with van der Waals surface area (Å²) in [4.78, 5) is 22.4. The Kier molecular flexibility index (Phi) is 13.9. The van der Waals surface area contributed by atoms with Gasteiger partial charge in [0.1, 0.15) is 0 Å². The first kappa shape index (κ1) is 20.5. The summed E-state index contributed by atoms with van der Waals surface area (Å²) in [5, 5.41) is 2.50. The van der Waals surface area contributed by atoms with Crippen LogP contribution in [0.15, 0.2) is 30.3 Å². The number of benzene rings is 1. The van der Waals surface area contributed by atoms with Gasteiger partial charge in [0.25, 0.3) is 0 Å². The van der Waals surface area contributed by atoms with Gasteiger partial charge in [-0.2, -0.15) is 0 Å². The van der Waals surface area contributed by atoms with E-state index in [0.29, 0.717) is 6.42 Å². The fourth-order valence-corrected chi connectivity index (χ4v) is 1.35.